The number of benzene rings is 1. The lowest BCUT2D eigenvalue weighted by Gasteiger charge is -2.25. The number of carbonyl (C=O) groups is 5. The maximum absolute atomic E-state index is 13.2. The van der Waals surface area contributed by atoms with Crippen LogP contribution in [0.4, 0.5) is 0 Å². The monoisotopic (exact) mass is 566 g/mol. The Bertz CT molecular complexity index is 974. The van der Waals surface area contributed by atoms with Crippen LogP contribution in [-0.2, 0) is 30.4 Å². The van der Waals surface area contributed by atoms with Gasteiger partial charge in [-0.25, -0.2) is 4.79 Å². The number of nitrogens with one attached hydrogen (secondary N) is 3. The summed E-state index contributed by atoms with van der Waals surface area (Å²) in [5.74, 6) is -4.65. The zero-order valence-electron chi connectivity index (χ0n) is 22.5. The number of carboxylic acid groups (broad SMARTS) is 2. The van der Waals surface area contributed by atoms with E-state index in [0.717, 1.165) is 0 Å². The number of carbonyl (C=O) groups excluding carboxylic acids is 3. The molecule has 224 valence electrons. The second kappa shape index (κ2) is 18.5. The van der Waals surface area contributed by atoms with Crippen LogP contribution < -0.4 is 33.2 Å². The first-order chi connectivity index (χ1) is 19.0. The fraction of sp³-hybridized carbons (Fsp3) is 0.577. The van der Waals surface area contributed by atoms with E-state index in [-0.39, 0.29) is 31.4 Å². The molecule has 0 aromatic heterocycles. The summed E-state index contributed by atoms with van der Waals surface area (Å²) >= 11 is 0. The lowest BCUT2D eigenvalue weighted by Crippen LogP contribution is -2.57. The van der Waals surface area contributed by atoms with E-state index in [0.29, 0.717) is 44.3 Å². The average Bonchev–Trinajstić information content (AvgIpc) is 2.90. The van der Waals surface area contributed by atoms with Crippen molar-refractivity contribution in [1.82, 2.24) is 16.0 Å². The fourth-order valence-corrected chi connectivity index (χ4v) is 3.85. The third-order valence-electron chi connectivity index (χ3n) is 6.15. The largest absolute Gasteiger partial charge is 0.508 e. The van der Waals surface area contributed by atoms with Crippen LogP contribution in [0.1, 0.15) is 56.9 Å². The zero-order valence-corrected chi connectivity index (χ0v) is 22.5. The lowest BCUT2D eigenvalue weighted by atomic mass is 10.0. The Morgan fingerprint density at radius 2 is 1.18 bits per heavy atom. The number of carboxylic acids is 2. The number of aliphatic carboxylic acids is 2. The topological polar surface area (TPSA) is 260 Å². The molecule has 0 spiro atoms. The van der Waals surface area contributed by atoms with E-state index < -0.39 is 60.2 Å². The van der Waals surface area contributed by atoms with Gasteiger partial charge in [0.1, 0.15) is 23.9 Å². The molecular weight excluding hydrogens is 524 g/mol. The van der Waals surface area contributed by atoms with Gasteiger partial charge < -0.3 is 48.5 Å². The van der Waals surface area contributed by atoms with Crippen LogP contribution in [0.2, 0.25) is 0 Å². The van der Waals surface area contributed by atoms with Gasteiger partial charge in [-0.15, -0.1) is 0 Å². The Kier molecular flexibility index (Phi) is 15.9. The molecule has 14 nitrogen and oxygen atoms in total. The van der Waals surface area contributed by atoms with Gasteiger partial charge in [0.05, 0.1) is 6.04 Å². The molecule has 14 heteroatoms. The van der Waals surface area contributed by atoms with E-state index in [1.807, 2.05) is 0 Å². The Labute approximate surface area is 233 Å². The highest BCUT2D eigenvalue weighted by Crippen LogP contribution is 2.12. The van der Waals surface area contributed by atoms with Crippen molar-refractivity contribution >= 4 is 29.7 Å². The standard InChI is InChI=1S/C26H42N6O8/c27-13-3-1-5-19(30-23(36)18(29)15-16-7-9-17(33)10-8-16)24(37)31-20(11-12-22(34)35)25(38)32-21(26(39)40)6-2-4-14-28/h7-10,18-21,33H,1-6,11-15,27-29H2,(H,30,36)(H,31,37)(H,32,38)(H,34,35)(H,39,40)/t18-,19+,20+,21+/m0/s1. The van der Waals surface area contributed by atoms with E-state index >= 15 is 0 Å². The van der Waals surface area contributed by atoms with Crippen molar-refractivity contribution in [3.8, 4) is 5.75 Å². The Hall–Kier alpha value is -3.75. The average molecular weight is 567 g/mol. The number of phenols is 1. The molecule has 0 heterocycles. The molecule has 1 rings (SSSR count). The molecule has 12 N–H and O–H groups in total. The molecule has 3 amide bonds. The summed E-state index contributed by atoms with van der Waals surface area (Å²) in [4.78, 5) is 61.7. The Balaban J connectivity index is 2.99. The van der Waals surface area contributed by atoms with Gasteiger partial charge in [-0.05, 0) is 82.2 Å². The van der Waals surface area contributed by atoms with Crippen LogP contribution >= 0.6 is 0 Å². The van der Waals surface area contributed by atoms with Gasteiger partial charge in [0, 0.05) is 6.42 Å². The molecule has 0 saturated heterocycles. The van der Waals surface area contributed by atoms with Gasteiger partial charge in [-0.3, -0.25) is 19.2 Å². The van der Waals surface area contributed by atoms with Gasteiger partial charge in [0.2, 0.25) is 17.7 Å². The maximum atomic E-state index is 13.2. The molecule has 0 aliphatic rings. The molecule has 4 atom stereocenters. The summed E-state index contributed by atoms with van der Waals surface area (Å²) in [6, 6.07) is 1.40. The molecule has 0 unspecified atom stereocenters. The lowest BCUT2D eigenvalue weighted by molar-refractivity contribution is -0.143. The molecule has 0 aliphatic heterocycles. The smallest absolute Gasteiger partial charge is 0.326 e. The number of rotatable bonds is 20. The van der Waals surface area contributed by atoms with Crippen molar-refractivity contribution < 1.29 is 39.3 Å². The zero-order chi connectivity index (χ0) is 30.1. The van der Waals surface area contributed by atoms with Crippen LogP contribution in [0.3, 0.4) is 0 Å². The second-order valence-corrected chi connectivity index (χ2v) is 9.50. The third-order valence-corrected chi connectivity index (χ3v) is 6.15. The fourth-order valence-electron chi connectivity index (χ4n) is 3.85. The number of aromatic hydroxyl groups is 1. The molecule has 1 aromatic carbocycles. The van der Waals surface area contributed by atoms with Crippen LogP contribution in [0.5, 0.6) is 5.75 Å². The summed E-state index contributed by atoms with van der Waals surface area (Å²) in [5.41, 5.74) is 17.7. The van der Waals surface area contributed by atoms with Gasteiger partial charge >= 0.3 is 11.9 Å². The van der Waals surface area contributed by atoms with Gasteiger partial charge in [0.15, 0.2) is 0 Å². The summed E-state index contributed by atoms with van der Waals surface area (Å²) < 4.78 is 0. The SMILES string of the molecule is NCCCC[C@@H](NC(=O)[C@@H](CCC(=O)O)NC(=O)[C@@H](CCCCN)NC(=O)[C@@H](N)Cc1ccc(O)cc1)C(=O)O. The van der Waals surface area contributed by atoms with Crippen molar-refractivity contribution in [2.45, 2.75) is 82.0 Å². The second-order valence-electron chi connectivity index (χ2n) is 9.50. The van der Waals surface area contributed by atoms with E-state index in [2.05, 4.69) is 16.0 Å². The van der Waals surface area contributed by atoms with E-state index in [1.54, 1.807) is 12.1 Å². The molecule has 0 bridgehead atoms. The third kappa shape index (κ3) is 13.4. The van der Waals surface area contributed by atoms with Crippen LogP contribution in [0.15, 0.2) is 24.3 Å². The Morgan fingerprint density at radius 1 is 0.700 bits per heavy atom. The van der Waals surface area contributed by atoms with Crippen molar-refractivity contribution in [3.63, 3.8) is 0 Å². The van der Waals surface area contributed by atoms with Gasteiger partial charge in [-0.1, -0.05) is 12.1 Å². The molecule has 1 aromatic rings. The predicted molar refractivity (Wildman–Crippen MR) is 146 cm³/mol. The quantitative estimate of drug-likeness (QED) is 0.0857. The van der Waals surface area contributed by atoms with Crippen LogP contribution in [0.25, 0.3) is 0 Å². The minimum absolute atomic E-state index is 0.0603. The first-order valence-electron chi connectivity index (χ1n) is 13.3. The van der Waals surface area contributed by atoms with E-state index in [4.69, 9.17) is 22.3 Å². The Morgan fingerprint density at radius 3 is 1.68 bits per heavy atom. The summed E-state index contributed by atoms with van der Waals surface area (Å²) in [6.07, 6.45) is 1.67. The van der Waals surface area contributed by atoms with Crippen molar-refractivity contribution in [3.05, 3.63) is 29.8 Å². The summed E-state index contributed by atoms with van der Waals surface area (Å²) in [7, 11) is 0. The first-order valence-corrected chi connectivity index (χ1v) is 13.3. The number of unbranched alkanes of at least 4 members (excludes halogenated alkanes) is 2. The molecular formula is C26H42N6O8. The molecule has 0 aliphatic carbocycles. The molecule has 0 radical (unpaired) electrons. The number of amides is 3. The molecule has 40 heavy (non-hydrogen) atoms. The van der Waals surface area contributed by atoms with Gasteiger partial charge in [0.25, 0.3) is 0 Å². The first kappa shape index (κ1) is 34.3. The minimum Gasteiger partial charge on any atom is -0.508 e. The molecule has 0 saturated carbocycles. The summed E-state index contributed by atoms with van der Waals surface area (Å²) in [5, 5.41) is 35.4. The highest BCUT2D eigenvalue weighted by atomic mass is 16.4. The highest BCUT2D eigenvalue weighted by Gasteiger charge is 2.30. The maximum Gasteiger partial charge on any atom is 0.326 e. The van der Waals surface area contributed by atoms with Crippen molar-refractivity contribution in [2.75, 3.05) is 13.1 Å². The van der Waals surface area contributed by atoms with Crippen molar-refractivity contribution in [1.29, 1.82) is 0 Å². The number of hydrogen-bond acceptors (Lipinski definition) is 9. The van der Waals surface area contributed by atoms with Crippen LogP contribution in [0, 0.1) is 0 Å². The normalized spacial score (nSPS) is 13.9. The van der Waals surface area contributed by atoms with Crippen LogP contribution in [-0.4, -0.2) is 82.2 Å². The minimum atomic E-state index is -1.36. The predicted octanol–water partition coefficient (Wildman–Crippen LogP) is -1.08. The van der Waals surface area contributed by atoms with E-state index in [9.17, 15) is 34.2 Å². The number of hydrogen-bond donors (Lipinski definition) is 9. The van der Waals surface area contributed by atoms with Crippen molar-refractivity contribution in [2.24, 2.45) is 17.2 Å². The molecule has 0 fully saturated rings. The number of nitrogens with two attached hydrogens (primary N) is 3. The highest BCUT2D eigenvalue weighted by molar-refractivity contribution is 5.94. The van der Waals surface area contributed by atoms with Gasteiger partial charge in [-0.2, -0.15) is 0 Å². The number of phenolic OH excluding ortho intramolecular Hbond substituents is 1. The summed E-state index contributed by atoms with van der Waals surface area (Å²) in [6.45, 7) is 0.709. The van der Waals surface area contributed by atoms with E-state index in [1.165, 1.54) is 12.1 Å².